The van der Waals surface area contributed by atoms with Crippen molar-refractivity contribution in [1.29, 1.82) is 0 Å². The van der Waals surface area contributed by atoms with Gasteiger partial charge in [0.1, 0.15) is 29.0 Å². The number of hydrogen-bond donors (Lipinski definition) is 2. The molecule has 3 N–H and O–H groups in total. The van der Waals surface area contributed by atoms with Gasteiger partial charge < -0.3 is 20.5 Å². The first-order chi connectivity index (χ1) is 15.2. The standard InChI is InChI=1S/C18H17N7O6S/c1-6-3-10(25-18(20-6)21-15(22-25)14(19)27)32-5-9-12(17(29)30)24-11-8(31-9)4-23(7(2)26)13(11)16(24)28/h3,8,11,13H,4-5H2,1-2H3,(H2,19,27)(H,29,30)/t8-,11-,13+/m1/s1. The van der Waals surface area contributed by atoms with Crippen molar-refractivity contribution in [2.45, 2.75) is 37.1 Å². The SMILES string of the molecule is CC(=O)N1C[C@H]2OC(CSc3cc(C)nc4nc(C(N)=O)nn34)=C(C(=O)O)N3C(=O)[C@@H]1[C@@H]23. The number of aliphatic carboxylic acids is 1. The van der Waals surface area contributed by atoms with Crippen molar-refractivity contribution in [2.75, 3.05) is 12.3 Å². The number of nitrogens with two attached hydrogens (primary N) is 1. The van der Waals surface area contributed by atoms with Crippen molar-refractivity contribution >= 4 is 41.2 Å². The highest BCUT2D eigenvalue weighted by Gasteiger charge is 2.65. The fraction of sp³-hybridized carbons (Fsp3) is 0.389. The van der Waals surface area contributed by atoms with Crippen molar-refractivity contribution in [2.24, 2.45) is 5.73 Å². The second-order valence-electron chi connectivity index (χ2n) is 7.58. The maximum atomic E-state index is 12.7. The van der Waals surface area contributed by atoms with Crippen LogP contribution < -0.4 is 5.73 Å². The van der Waals surface area contributed by atoms with E-state index in [1.807, 2.05) is 0 Å². The number of carbonyl (C=O) groups excluding carboxylic acids is 3. The molecule has 0 bridgehead atoms. The third-order valence-electron chi connectivity index (χ3n) is 5.59. The van der Waals surface area contributed by atoms with Crippen LogP contribution in [0.1, 0.15) is 23.2 Å². The number of ether oxygens (including phenoxy) is 1. The molecule has 3 atom stereocenters. The van der Waals surface area contributed by atoms with Crippen LogP contribution in [-0.4, -0.2) is 88.7 Å². The number of thioether (sulfide) groups is 1. The summed E-state index contributed by atoms with van der Waals surface area (Å²) in [7, 11) is 0. The van der Waals surface area contributed by atoms with Crippen molar-refractivity contribution in [3.8, 4) is 0 Å². The summed E-state index contributed by atoms with van der Waals surface area (Å²) >= 11 is 1.18. The molecule has 0 spiro atoms. The maximum Gasteiger partial charge on any atom is 0.356 e. The van der Waals surface area contributed by atoms with Gasteiger partial charge in [0.25, 0.3) is 17.6 Å². The Hall–Kier alpha value is -3.68. The molecule has 2 aromatic heterocycles. The van der Waals surface area contributed by atoms with Crippen molar-refractivity contribution in [1.82, 2.24) is 29.4 Å². The van der Waals surface area contributed by atoms with E-state index in [2.05, 4.69) is 15.1 Å². The Morgan fingerprint density at radius 3 is 2.75 bits per heavy atom. The van der Waals surface area contributed by atoms with Gasteiger partial charge in [0.2, 0.25) is 11.7 Å². The Balaban J connectivity index is 1.47. The third kappa shape index (κ3) is 2.82. The van der Waals surface area contributed by atoms with Gasteiger partial charge in [0.05, 0.1) is 12.3 Å². The van der Waals surface area contributed by atoms with Gasteiger partial charge in [-0.25, -0.2) is 9.78 Å². The Kier molecular flexibility index (Phi) is 4.37. The topological polar surface area (TPSA) is 173 Å². The highest BCUT2D eigenvalue weighted by Crippen LogP contribution is 2.44. The molecule has 5 heterocycles. The summed E-state index contributed by atoms with van der Waals surface area (Å²) in [5, 5.41) is 14.4. The molecular weight excluding hydrogens is 442 g/mol. The van der Waals surface area contributed by atoms with Crippen LogP contribution >= 0.6 is 11.8 Å². The number of carboxylic acid groups (broad SMARTS) is 1. The number of aromatic nitrogens is 4. The van der Waals surface area contributed by atoms with Crippen LogP contribution in [0.3, 0.4) is 0 Å². The fourth-order valence-electron chi connectivity index (χ4n) is 4.29. The lowest BCUT2D eigenvalue weighted by atomic mass is 9.91. The van der Waals surface area contributed by atoms with E-state index in [0.29, 0.717) is 10.7 Å². The molecule has 0 saturated carbocycles. The first kappa shape index (κ1) is 20.2. The van der Waals surface area contributed by atoms with Gasteiger partial charge in [-0.2, -0.15) is 9.50 Å². The lowest BCUT2D eigenvalue weighted by Gasteiger charge is -2.49. The Labute approximate surface area is 184 Å². The number of β-lactam (4-membered cyclic amide) rings is 1. The summed E-state index contributed by atoms with van der Waals surface area (Å²) in [6, 6.07) is 0.502. The van der Waals surface area contributed by atoms with Crippen LogP contribution in [0, 0.1) is 6.92 Å². The summed E-state index contributed by atoms with van der Waals surface area (Å²) in [4.78, 5) is 58.9. The quantitative estimate of drug-likeness (QED) is 0.313. The highest BCUT2D eigenvalue weighted by molar-refractivity contribution is 7.99. The average Bonchev–Trinajstić information content (AvgIpc) is 3.30. The normalized spacial score (nSPS) is 23.8. The Bertz CT molecular complexity index is 1260. The lowest BCUT2D eigenvalue weighted by Crippen LogP contribution is -2.70. The Morgan fingerprint density at radius 2 is 2.09 bits per heavy atom. The van der Waals surface area contributed by atoms with E-state index in [0.717, 1.165) is 0 Å². The zero-order valence-corrected chi connectivity index (χ0v) is 17.7. The molecule has 2 aromatic rings. The van der Waals surface area contributed by atoms with E-state index < -0.39 is 36.0 Å². The predicted octanol–water partition coefficient (Wildman–Crippen LogP) is -1.24. The molecule has 0 radical (unpaired) electrons. The molecule has 2 saturated heterocycles. The maximum absolute atomic E-state index is 12.7. The van der Waals surface area contributed by atoms with E-state index in [1.54, 1.807) is 13.0 Å². The number of rotatable bonds is 5. The summed E-state index contributed by atoms with van der Waals surface area (Å²) < 4.78 is 7.31. The number of hydrogen-bond acceptors (Lipinski definition) is 9. The number of nitrogens with zero attached hydrogens (tertiary/aromatic N) is 6. The monoisotopic (exact) mass is 459 g/mol. The van der Waals surface area contributed by atoms with E-state index in [1.165, 1.54) is 33.0 Å². The molecule has 0 aromatic carbocycles. The minimum Gasteiger partial charge on any atom is -0.487 e. The van der Waals surface area contributed by atoms with Crippen LogP contribution in [0.15, 0.2) is 22.5 Å². The molecule has 2 fully saturated rings. The van der Waals surface area contributed by atoms with E-state index in [4.69, 9.17) is 10.5 Å². The van der Waals surface area contributed by atoms with Gasteiger partial charge in [0, 0.05) is 12.6 Å². The molecule has 0 unspecified atom stereocenters. The minimum absolute atomic E-state index is 0.0592. The molecule has 3 amide bonds. The van der Waals surface area contributed by atoms with Crippen LogP contribution in [0.4, 0.5) is 0 Å². The largest absolute Gasteiger partial charge is 0.487 e. The number of aryl methyl sites for hydroxylation is 1. The van der Waals surface area contributed by atoms with Gasteiger partial charge in [0.15, 0.2) is 5.70 Å². The number of fused-ring (bicyclic) bond motifs is 1. The number of likely N-dealkylation sites (tertiary alicyclic amines) is 1. The highest BCUT2D eigenvalue weighted by atomic mass is 32.2. The number of primary amides is 1. The van der Waals surface area contributed by atoms with Crippen LogP contribution in [-0.2, 0) is 19.1 Å². The minimum atomic E-state index is -1.29. The molecule has 14 heteroatoms. The van der Waals surface area contributed by atoms with Crippen LogP contribution in [0.5, 0.6) is 0 Å². The zero-order chi connectivity index (χ0) is 22.9. The number of carboxylic acids is 1. The smallest absolute Gasteiger partial charge is 0.356 e. The molecule has 32 heavy (non-hydrogen) atoms. The summed E-state index contributed by atoms with van der Waals surface area (Å²) in [5.41, 5.74) is 5.63. The second-order valence-corrected chi connectivity index (χ2v) is 8.58. The summed E-state index contributed by atoms with van der Waals surface area (Å²) in [6.07, 6.45) is -0.507. The fourth-order valence-corrected chi connectivity index (χ4v) is 5.27. The molecule has 3 aliphatic rings. The van der Waals surface area contributed by atoms with Crippen molar-refractivity contribution in [3.63, 3.8) is 0 Å². The Morgan fingerprint density at radius 1 is 1.34 bits per heavy atom. The van der Waals surface area contributed by atoms with E-state index in [9.17, 15) is 24.3 Å². The van der Waals surface area contributed by atoms with E-state index >= 15 is 0 Å². The number of carbonyl (C=O) groups is 4. The zero-order valence-electron chi connectivity index (χ0n) is 16.9. The van der Waals surface area contributed by atoms with Gasteiger partial charge in [-0.3, -0.25) is 19.3 Å². The van der Waals surface area contributed by atoms with Gasteiger partial charge >= 0.3 is 5.97 Å². The van der Waals surface area contributed by atoms with Crippen molar-refractivity contribution in [3.05, 3.63) is 29.0 Å². The van der Waals surface area contributed by atoms with Crippen LogP contribution in [0.25, 0.3) is 5.78 Å². The van der Waals surface area contributed by atoms with Crippen molar-refractivity contribution < 1.29 is 29.0 Å². The molecule has 5 rings (SSSR count). The molecule has 166 valence electrons. The molecule has 13 nitrogen and oxygen atoms in total. The second kappa shape index (κ2) is 6.91. The molecule has 0 aliphatic carbocycles. The first-order valence-electron chi connectivity index (χ1n) is 9.57. The molecule has 3 aliphatic heterocycles. The predicted molar refractivity (Wildman–Crippen MR) is 106 cm³/mol. The summed E-state index contributed by atoms with van der Waals surface area (Å²) in [6.45, 7) is 3.31. The third-order valence-corrected chi connectivity index (χ3v) is 6.58. The lowest BCUT2D eigenvalue weighted by molar-refractivity contribution is -0.163. The average molecular weight is 459 g/mol. The van der Waals surface area contributed by atoms with Gasteiger partial charge in [-0.15, -0.1) is 5.10 Å². The number of amides is 3. The summed E-state index contributed by atoms with van der Waals surface area (Å²) in [5.74, 6) is -2.64. The van der Waals surface area contributed by atoms with Crippen LogP contribution in [0.2, 0.25) is 0 Å². The first-order valence-corrected chi connectivity index (χ1v) is 10.6. The van der Waals surface area contributed by atoms with Gasteiger partial charge in [-0.1, -0.05) is 11.8 Å². The van der Waals surface area contributed by atoms with E-state index in [-0.39, 0.29) is 41.3 Å². The van der Waals surface area contributed by atoms with Gasteiger partial charge in [-0.05, 0) is 13.0 Å². The molecular formula is C18H17N7O6S.